The van der Waals surface area contributed by atoms with Gasteiger partial charge in [0.25, 0.3) is 0 Å². The van der Waals surface area contributed by atoms with E-state index in [1.807, 2.05) is 26.0 Å². The van der Waals surface area contributed by atoms with E-state index in [1.165, 1.54) is 0 Å². The second-order valence-corrected chi connectivity index (χ2v) is 17.5. The number of aliphatic hydroxyl groups is 10. The highest BCUT2D eigenvalue weighted by molar-refractivity contribution is 5.22. The molecule has 0 amide bonds. The molecule has 4 saturated carbocycles. The van der Waals surface area contributed by atoms with Crippen LogP contribution in [0.4, 0.5) is 0 Å². The number of fused-ring (bicyclic) bond motifs is 5. The van der Waals surface area contributed by atoms with Crippen molar-refractivity contribution in [3.63, 3.8) is 0 Å². The predicted molar refractivity (Wildman–Crippen MR) is 179 cm³/mol. The molecule has 2 saturated heterocycles. The average Bonchev–Trinajstić information content (AvgIpc) is 3.28. The van der Waals surface area contributed by atoms with Crippen LogP contribution < -0.4 is 0 Å². The van der Waals surface area contributed by atoms with Gasteiger partial charge in [-0.1, -0.05) is 39.8 Å². The Morgan fingerprint density at radius 3 is 2.02 bits per heavy atom. The number of allylic oxidation sites excluding steroid dienone is 2. The quantitative estimate of drug-likeness (QED) is 0.103. The van der Waals surface area contributed by atoms with Crippen LogP contribution in [0.25, 0.3) is 0 Å². The molecule has 14 heteroatoms. The SMILES string of the molecule is C[C@@H](C/C=C/[C@@H](C)[C@H]1[C@@H](O)[C@@H](O)[C@@H]2[C@]1(C)CCC1[C@@]3(C)CC[C@H](OC4OCC(O)C(O)C4O)C[C@@H]3[C@@H](O)C[C@]12O)COC1OCC(O)C(O)C1O. The Hall–Kier alpha value is -0.820. The predicted octanol–water partition coefficient (Wildman–Crippen LogP) is -0.829. The molecule has 0 aromatic rings. The first-order valence-corrected chi connectivity index (χ1v) is 19.0. The first kappa shape index (κ1) is 39.9. The maximum Gasteiger partial charge on any atom is 0.186 e. The molecule has 0 bridgehead atoms. The molecule has 0 radical (unpaired) electrons. The maximum atomic E-state index is 12.7. The van der Waals surface area contributed by atoms with Crippen molar-refractivity contribution >= 4 is 0 Å². The summed E-state index contributed by atoms with van der Waals surface area (Å²) in [6.07, 6.45) is -5.69. The summed E-state index contributed by atoms with van der Waals surface area (Å²) >= 11 is 0. The summed E-state index contributed by atoms with van der Waals surface area (Å²) in [7, 11) is 0. The summed E-state index contributed by atoms with van der Waals surface area (Å²) < 4.78 is 22.6. The molecule has 2 heterocycles. The van der Waals surface area contributed by atoms with Gasteiger partial charge in [-0.2, -0.15) is 0 Å². The largest absolute Gasteiger partial charge is 0.393 e. The highest BCUT2D eigenvalue weighted by atomic mass is 16.7. The van der Waals surface area contributed by atoms with Crippen LogP contribution in [-0.2, 0) is 18.9 Å². The topological polar surface area (TPSA) is 239 Å². The van der Waals surface area contributed by atoms with Gasteiger partial charge >= 0.3 is 0 Å². The molecule has 6 rings (SSSR count). The van der Waals surface area contributed by atoms with E-state index in [2.05, 4.69) is 13.8 Å². The van der Waals surface area contributed by atoms with Crippen molar-refractivity contribution in [1.82, 2.24) is 0 Å². The van der Waals surface area contributed by atoms with Gasteiger partial charge in [-0.05, 0) is 78.9 Å². The molecular formula is C37H62O14. The summed E-state index contributed by atoms with van der Waals surface area (Å²) in [5.74, 6) is -1.55. The van der Waals surface area contributed by atoms with Crippen LogP contribution in [0.2, 0.25) is 0 Å². The fourth-order valence-corrected chi connectivity index (χ4v) is 11.5. The van der Waals surface area contributed by atoms with Gasteiger partial charge in [0.05, 0.1) is 49.8 Å². The molecular weight excluding hydrogens is 668 g/mol. The zero-order valence-corrected chi connectivity index (χ0v) is 30.2. The molecule has 4 aliphatic carbocycles. The average molecular weight is 731 g/mol. The molecule has 0 spiro atoms. The number of ether oxygens (including phenoxy) is 4. The van der Waals surface area contributed by atoms with Crippen molar-refractivity contribution in [3.05, 3.63) is 12.2 Å². The van der Waals surface area contributed by atoms with E-state index < -0.39 is 89.9 Å². The minimum absolute atomic E-state index is 0.0319. The molecule has 9 unspecified atom stereocenters. The first-order valence-electron chi connectivity index (χ1n) is 19.0. The molecule has 2 aliphatic heterocycles. The van der Waals surface area contributed by atoms with E-state index in [4.69, 9.17) is 18.9 Å². The van der Waals surface area contributed by atoms with Gasteiger partial charge in [0.2, 0.25) is 0 Å². The monoisotopic (exact) mass is 730 g/mol. The second kappa shape index (κ2) is 15.0. The van der Waals surface area contributed by atoms with Gasteiger partial charge in [-0.3, -0.25) is 0 Å². The number of rotatable bonds is 9. The summed E-state index contributed by atoms with van der Waals surface area (Å²) in [6.45, 7) is 8.12. The summed E-state index contributed by atoms with van der Waals surface area (Å²) in [4.78, 5) is 0. The Morgan fingerprint density at radius 2 is 1.35 bits per heavy atom. The van der Waals surface area contributed by atoms with E-state index in [0.717, 1.165) is 0 Å². The van der Waals surface area contributed by atoms with Crippen molar-refractivity contribution in [2.24, 2.45) is 46.3 Å². The van der Waals surface area contributed by atoms with Gasteiger partial charge in [-0.25, -0.2) is 0 Å². The zero-order chi connectivity index (χ0) is 37.2. The lowest BCUT2D eigenvalue weighted by Crippen LogP contribution is -2.69. The van der Waals surface area contributed by atoms with Gasteiger partial charge in [-0.15, -0.1) is 0 Å². The van der Waals surface area contributed by atoms with Gasteiger partial charge in [0.15, 0.2) is 12.6 Å². The number of hydrogen-bond acceptors (Lipinski definition) is 14. The van der Waals surface area contributed by atoms with E-state index in [0.29, 0.717) is 38.5 Å². The highest BCUT2D eigenvalue weighted by Crippen LogP contribution is 2.69. The van der Waals surface area contributed by atoms with Crippen molar-refractivity contribution in [1.29, 1.82) is 0 Å². The second-order valence-electron chi connectivity index (χ2n) is 17.5. The number of hydrogen-bond donors (Lipinski definition) is 10. The Bertz CT molecular complexity index is 1220. The molecule has 0 aromatic heterocycles. The van der Waals surface area contributed by atoms with Crippen LogP contribution in [0.3, 0.4) is 0 Å². The molecule has 0 aromatic carbocycles. The van der Waals surface area contributed by atoms with E-state index in [1.54, 1.807) is 0 Å². The molecule has 14 nitrogen and oxygen atoms in total. The zero-order valence-electron chi connectivity index (χ0n) is 30.2. The Morgan fingerprint density at radius 1 is 0.745 bits per heavy atom. The third kappa shape index (κ3) is 6.99. The van der Waals surface area contributed by atoms with Crippen molar-refractivity contribution in [2.45, 2.75) is 152 Å². The Kier molecular flexibility index (Phi) is 11.7. The van der Waals surface area contributed by atoms with Gasteiger partial charge < -0.3 is 70.0 Å². The van der Waals surface area contributed by atoms with Crippen molar-refractivity contribution in [3.8, 4) is 0 Å². The van der Waals surface area contributed by atoms with Crippen molar-refractivity contribution in [2.75, 3.05) is 19.8 Å². The lowest BCUT2D eigenvalue weighted by Gasteiger charge is -2.66. The number of aliphatic hydroxyl groups excluding tert-OH is 9. The maximum absolute atomic E-state index is 12.7. The lowest BCUT2D eigenvalue weighted by atomic mass is 9.42. The summed E-state index contributed by atoms with van der Waals surface area (Å²) in [5, 5.41) is 108. The highest BCUT2D eigenvalue weighted by Gasteiger charge is 2.72. The fourth-order valence-electron chi connectivity index (χ4n) is 11.5. The van der Waals surface area contributed by atoms with E-state index >= 15 is 0 Å². The molecule has 294 valence electrons. The standard InChI is InChI=1S/C37H62O14/c1-17(14-48-33-30(45)26(41)22(39)15-49-33)6-5-7-18(2)25-28(43)29(44)32-36(25,4)11-9-24-35(3)10-8-19(12-20(35)21(38)13-37(24,32)47)51-34-31(46)27(42)23(40)16-50-34/h5,7,17-34,38-47H,6,8-16H2,1-4H3/b7-5+/t17-,18+,19-,20+,21-,22?,23?,24?,25-,26?,27?,28+,29+,30?,31?,32+,33?,34?,35-,36+,37-/m0/s1. The summed E-state index contributed by atoms with van der Waals surface area (Å²) in [5.41, 5.74) is -2.49. The van der Waals surface area contributed by atoms with Gasteiger partial charge in [0.1, 0.15) is 36.6 Å². The van der Waals surface area contributed by atoms with Gasteiger partial charge in [0, 0.05) is 12.3 Å². The van der Waals surface area contributed by atoms with Crippen LogP contribution in [0.5, 0.6) is 0 Å². The minimum atomic E-state index is -1.41. The molecule has 51 heavy (non-hydrogen) atoms. The third-order valence-corrected chi connectivity index (χ3v) is 14.1. The fraction of sp³-hybridized carbons (Fsp3) is 0.946. The first-order chi connectivity index (χ1) is 23.9. The van der Waals surface area contributed by atoms with E-state index in [-0.39, 0.29) is 61.9 Å². The minimum Gasteiger partial charge on any atom is -0.393 e. The molecule has 10 N–H and O–H groups in total. The molecule has 6 aliphatic rings. The normalized spacial score (nSPS) is 54.4. The van der Waals surface area contributed by atoms with Crippen LogP contribution in [0.15, 0.2) is 12.2 Å². The molecule has 21 atom stereocenters. The third-order valence-electron chi connectivity index (χ3n) is 14.1. The van der Waals surface area contributed by atoms with Crippen LogP contribution in [-0.4, -0.2) is 150 Å². The molecule has 6 fully saturated rings. The van der Waals surface area contributed by atoms with Crippen LogP contribution in [0.1, 0.15) is 72.6 Å². The lowest BCUT2D eigenvalue weighted by molar-refractivity contribution is -0.300. The van der Waals surface area contributed by atoms with Crippen LogP contribution >= 0.6 is 0 Å². The van der Waals surface area contributed by atoms with Crippen molar-refractivity contribution < 1.29 is 70.0 Å². The van der Waals surface area contributed by atoms with E-state index in [9.17, 15) is 51.1 Å². The Balaban J connectivity index is 1.10. The van der Waals surface area contributed by atoms with Crippen LogP contribution in [0, 0.1) is 46.3 Å². The smallest absolute Gasteiger partial charge is 0.186 e. The summed E-state index contributed by atoms with van der Waals surface area (Å²) in [6, 6.07) is 0. The Labute approximate surface area is 300 Å².